The minimum Gasteiger partial charge on any atom is -0.355 e. The predicted molar refractivity (Wildman–Crippen MR) is 79.2 cm³/mol. The Labute approximate surface area is 120 Å². The monoisotopic (exact) mass is 295 g/mol. The first-order chi connectivity index (χ1) is 9.46. The fourth-order valence-corrected chi connectivity index (χ4v) is 2.88. The van der Waals surface area contributed by atoms with Crippen molar-refractivity contribution >= 4 is 15.7 Å². The van der Waals surface area contributed by atoms with Crippen molar-refractivity contribution in [1.29, 1.82) is 0 Å². The van der Waals surface area contributed by atoms with Crippen LogP contribution >= 0.6 is 0 Å². The lowest BCUT2D eigenvalue weighted by Crippen LogP contribution is -2.30. The Hall–Kier alpha value is -1.36. The van der Waals surface area contributed by atoms with Gasteiger partial charge in [-0.25, -0.2) is 8.42 Å². The van der Waals surface area contributed by atoms with Gasteiger partial charge in [-0.3, -0.25) is 4.79 Å². The smallest absolute Gasteiger partial charge is 0.220 e. The second-order valence-corrected chi connectivity index (χ2v) is 7.80. The molecule has 0 spiro atoms. The van der Waals surface area contributed by atoms with Crippen molar-refractivity contribution in [2.75, 3.05) is 18.6 Å². The van der Waals surface area contributed by atoms with Crippen LogP contribution in [0.1, 0.15) is 30.7 Å². The molecule has 1 unspecified atom stereocenters. The highest BCUT2D eigenvalue weighted by Gasteiger charge is 2.33. The van der Waals surface area contributed by atoms with E-state index in [1.165, 1.54) is 24.7 Å². The van der Waals surface area contributed by atoms with Crippen molar-refractivity contribution in [3.05, 3.63) is 35.9 Å². The van der Waals surface area contributed by atoms with Crippen molar-refractivity contribution in [3.8, 4) is 0 Å². The van der Waals surface area contributed by atoms with Gasteiger partial charge in [0.2, 0.25) is 5.91 Å². The molecule has 1 atom stereocenters. The number of hydrogen-bond donors (Lipinski definition) is 1. The summed E-state index contributed by atoms with van der Waals surface area (Å²) < 4.78 is 22.0. The molecule has 20 heavy (non-hydrogen) atoms. The summed E-state index contributed by atoms with van der Waals surface area (Å²) in [7, 11) is -3.02. The Morgan fingerprint density at radius 2 is 1.95 bits per heavy atom. The molecule has 0 bridgehead atoms. The van der Waals surface area contributed by atoms with Crippen LogP contribution in [0.4, 0.5) is 0 Å². The van der Waals surface area contributed by atoms with Crippen molar-refractivity contribution in [2.45, 2.75) is 25.2 Å². The molecule has 2 rings (SSSR count). The van der Waals surface area contributed by atoms with E-state index in [2.05, 4.69) is 17.4 Å². The Balaban J connectivity index is 1.87. The molecule has 5 heteroatoms. The highest BCUT2D eigenvalue weighted by molar-refractivity contribution is 7.90. The molecular formula is C15H21NO3S. The molecule has 0 aliphatic heterocycles. The third kappa shape index (κ3) is 4.96. The molecule has 1 fully saturated rings. The van der Waals surface area contributed by atoms with E-state index in [1.807, 2.05) is 18.2 Å². The van der Waals surface area contributed by atoms with Crippen LogP contribution in [0.2, 0.25) is 0 Å². The van der Waals surface area contributed by atoms with Gasteiger partial charge in [0.25, 0.3) is 0 Å². The summed E-state index contributed by atoms with van der Waals surface area (Å²) in [5.41, 5.74) is 1.20. The van der Waals surface area contributed by atoms with Crippen LogP contribution in [0, 0.1) is 5.92 Å². The summed E-state index contributed by atoms with van der Waals surface area (Å²) in [6, 6.07) is 10.1. The van der Waals surface area contributed by atoms with E-state index in [9.17, 15) is 13.2 Å². The number of rotatable bonds is 7. The van der Waals surface area contributed by atoms with Crippen LogP contribution in [0.3, 0.4) is 0 Å². The summed E-state index contributed by atoms with van der Waals surface area (Å²) in [6.45, 7) is 0.198. The Bertz CT molecular complexity index is 550. The molecule has 1 aliphatic carbocycles. The number of carbonyl (C=O) groups is 1. The minimum absolute atomic E-state index is 0.00181. The van der Waals surface area contributed by atoms with Crippen molar-refractivity contribution in [3.63, 3.8) is 0 Å². The van der Waals surface area contributed by atoms with Crippen LogP contribution in [-0.2, 0) is 14.6 Å². The van der Waals surface area contributed by atoms with Gasteiger partial charge >= 0.3 is 0 Å². The molecule has 0 aromatic heterocycles. The Morgan fingerprint density at radius 3 is 2.50 bits per heavy atom. The van der Waals surface area contributed by atoms with E-state index < -0.39 is 9.84 Å². The van der Waals surface area contributed by atoms with Gasteiger partial charge in [-0.05, 0) is 30.2 Å². The number of amides is 1. The van der Waals surface area contributed by atoms with Gasteiger partial charge < -0.3 is 5.32 Å². The van der Waals surface area contributed by atoms with Crippen molar-refractivity contribution < 1.29 is 13.2 Å². The van der Waals surface area contributed by atoms with Crippen LogP contribution in [0.25, 0.3) is 0 Å². The first kappa shape index (κ1) is 15.0. The second-order valence-electron chi connectivity index (χ2n) is 5.54. The number of sulfone groups is 1. The summed E-state index contributed by atoms with van der Waals surface area (Å²) in [5, 5.41) is 2.70. The zero-order valence-corrected chi connectivity index (χ0v) is 12.5. The lowest BCUT2D eigenvalue weighted by molar-refractivity contribution is -0.121. The molecule has 0 radical (unpaired) electrons. The zero-order chi connectivity index (χ0) is 14.6. The van der Waals surface area contributed by atoms with Crippen LogP contribution < -0.4 is 5.32 Å². The zero-order valence-electron chi connectivity index (χ0n) is 11.7. The average molecular weight is 295 g/mol. The lowest BCUT2D eigenvalue weighted by Gasteiger charge is -2.16. The fourth-order valence-electron chi connectivity index (χ4n) is 2.40. The number of carbonyl (C=O) groups excluding carboxylic acids is 1. The largest absolute Gasteiger partial charge is 0.355 e. The van der Waals surface area contributed by atoms with Gasteiger partial charge in [-0.15, -0.1) is 0 Å². The highest BCUT2D eigenvalue weighted by Crippen LogP contribution is 2.44. The molecule has 1 aromatic carbocycles. The molecule has 1 saturated carbocycles. The predicted octanol–water partition coefficient (Wildman–Crippen LogP) is 1.73. The van der Waals surface area contributed by atoms with Gasteiger partial charge in [0, 0.05) is 19.2 Å². The van der Waals surface area contributed by atoms with Gasteiger partial charge in [-0.2, -0.15) is 0 Å². The number of benzene rings is 1. The minimum atomic E-state index is -3.02. The first-order valence-corrected chi connectivity index (χ1v) is 9.01. The molecule has 1 amide bonds. The summed E-state index contributed by atoms with van der Waals surface area (Å²) in [4.78, 5) is 11.9. The van der Waals surface area contributed by atoms with Crippen LogP contribution in [0.5, 0.6) is 0 Å². The quantitative estimate of drug-likeness (QED) is 0.833. The summed E-state index contributed by atoms with van der Waals surface area (Å²) in [6.07, 6.45) is 3.97. The van der Waals surface area contributed by atoms with E-state index in [0.717, 1.165) is 0 Å². The SMILES string of the molecule is CS(=O)(=O)CCNC(=O)CC(c1ccccc1)C1CC1. The van der Waals surface area contributed by atoms with Gasteiger partial charge in [0.1, 0.15) is 9.84 Å². The second kappa shape index (κ2) is 6.39. The standard InChI is InChI=1S/C15H21NO3S/c1-20(18,19)10-9-16-15(17)11-14(13-7-8-13)12-5-3-2-4-6-12/h2-6,13-14H,7-11H2,1H3,(H,16,17). The molecule has 0 saturated heterocycles. The molecule has 1 N–H and O–H groups in total. The van der Waals surface area contributed by atoms with Crippen LogP contribution in [0.15, 0.2) is 30.3 Å². The maximum absolute atomic E-state index is 11.9. The van der Waals surface area contributed by atoms with Crippen LogP contribution in [-0.4, -0.2) is 32.9 Å². The van der Waals surface area contributed by atoms with Crippen molar-refractivity contribution in [1.82, 2.24) is 5.32 Å². The molecule has 4 nitrogen and oxygen atoms in total. The summed E-state index contributed by atoms with van der Waals surface area (Å²) >= 11 is 0. The number of hydrogen-bond acceptors (Lipinski definition) is 3. The van der Waals surface area contributed by atoms with E-state index in [0.29, 0.717) is 12.3 Å². The Morgan fingerprint density at radius 1 is 1.30 bits per heavy atom. The normalized spacial score (nSPS) is 16.6. The van der Waals surface area contributed by atoms with E-state index in [4.69, 9.17) is 0 Å². The van der Waals surface area contributed by atoms with E-state index in [1.54, 1.807) is 0 Å². The molecule has 1 aliphatic rings. The van der Waals surface area contributed by atoms with Gasteiger partial charge in [0.05, 0.1) is 5.75 Å². The number of nitrogens with one attached hydrogen (secondary N) is 1. The summed E-state index contributed by atoms with van der Waals surface area (Å²) in [5.74, 6) is 0.792. The van der Waals surface area contributed by atoms with Gasteiger partial charge in [0.15, 0.2) is 0 Å². The molecule has 0 heterocycles. The van der Waals surface area contributed by atoms with Crippen molar-refractivity contribution in [2.24, 2.45) is 5.92 Å². The maximum atomic E-state index is 11.9. The lowest BCUT2D eigenvalue weighted by atomic mass is 9.91. The third-order valence-corrected chi connectivity index (χ3v) is 4.56. The Kier molecular flexibility index (Phi) is 4.81. The maximum Gasteiger partial charge on any atom is 0.220 e. The van der Waals surface area contributed by atoms with Gasteiger partial charge in [-0.1, -0.05) is 30.3 Å². The third-order valence-electron chi connectivity index (χ3n) is 3.62. The molecular weight excluding hydrogens is 274 g/mol. The molecule has 1 aromatic rings. The molecule has 110 valence electrons. The highest BCUT2D eigenvalue weighted by atomic mass is 32.2. The van der Waals surface area contributed by atoms with E-state index >= 15 is 0 Å². The topological polar surface area (TPSA) is 63.2 Å². The average Bonchev–Trinajstić information content (AvgIpc) is 3.20. The van der Waals surface area contributed by atoms with E-state index in [-0.39, 0.29) is 24.1 Å². The fraction of sp³-hybridized carbons (Fsp3) is 0.533. The first-order valence-electron chi connectivity index (χ1n) is 6.95.